The summed E-state index contributed by atoms with van der Waals surface area (Å²) in [5, 5.41) is 0. The van der Waals surface area contributed by atoms with Gasteiger partial charge >= 0.3 is 6.18 Å². The molecule has 1 aliphatic carbocycles. The minimum atomic E-state index is -4.57. The average Bonchev–Trinajstić information content (AvgIpc) is 2.55. The molecule has 4 nitrogen and oxygen atoms in total. The maximum Gasteiger partial charge on any atom is 0.416 e. The highest BCUT2D eigenvalue weighted by molar-refractivity contribution is 7.89. The Kier molecular flexibility index (Phi) is 6.65. The Hall–Kier alpha value is -1.12. The molecule has 0 spiro atoms. The Morgan fingerprint density at radius 2 is 1.88 bits per heavy atom. The predicted octanol–water partition coefficient (Wildman–Crippen LogP) is 3.72. The minimum absolute atomic E-state index is 0.130. The van der Waals surface area contributed by atoms with Crippen LogP contribution in [0.25, 0.3) is 0 Å². The van der Waals surface area contributed by atoms with Crippen molar-refractivity contribution in [1.29, 1.82) is 0 Å². The highest BCUT2D eigenvalue weighted by Crippen LogP contribution is 2.30. The van der Waals surface area contributed by atoms with Crippen LogP contribution in [0.1, 0.15) is 44.1 Å². The Balaban J connectivity index is 1.81. The predicted molar refractivity (Wildman–Crippen MR) is 84.1 cm³/mol. The van der Waals surface area contributed by atoms with Crippen molar-refractivity contribution < 1.29 is 26.3 Å². The smallest absolute Gasteiger partial charge is 0.378 e. The Labute approximate surface area is 140 Å². The summed E-state index contributed by atoms with van der Waals surface area (Å²) in [5.74, 6) is 0. The van der Waals surface area contributed by atoms with Crippen molar-refractivity contribution in [1.82, 2.24) is 4.72 Å². The summed E-state index contributed by atoms with van der Waals surface area (Å²) in [4.78, 5) is -0.384. The summed E-state index contributed by atoms with van der Waals surface area (Å²) in [5.41, 5.74) is -0.981. The van der Waals surface area contributed by atoms with Gasteiger partial charge in [-0.15, -0.1) is 0 Å². The van der Waals surface area contributed by atoms with E-state index >= 15 is 0 Å². The van der Waals surface area contributed by atoms with Gasteiger partial charge in [0.1, 0.15) is 0 Å². The van der Waals surface area contributed by atoms with Gasteiger partial charge in [-0.2, -0.15) is 13.2 Å². The first kappa shape index (κ1) is 19.2. The summed E-state index contributed by atoms with van der Waals surface area (Å²) in [6.07, 6.45) is 1.79. The zero-order valence-electron chi connectivity index (χ0n) is 13.3. The van der Waals surface area contributed by atoms with Gasteiger partial charge in [-0.3, -0.25) is 0 Å². The van der Waals surface area contributed by atoms with Gasteiger partial charge in [0.25, 0.3) is 0 Å². The van der Waals surface area contributed by atoms with E-state index < -0.39 is 21.8 Å². The van der Waals surface area contributed by atoms with E-state index in [2.05, 4.69) is 4.72 Å². The lowest BCUT2D eigenvalue weighted by molar-refractivity contribution is -0.137. The van der Waals surface area contributed by atoms with Crippen LogP contribution in [0.15, 0.2) is 29.2 Å². The first-order chi connectivity index (χ1) is 11.3. The quantitative estimate of drug-likeness (QED) is 0.749. The molecule has 8 heteroatoms. The second kappa shape index (κ2) is 8.31. The van der Waals surface area contributed by atoms with Gasteiger partial charge in [0.2, 0.25) is 10.0 Å². The summed E-state index contributed by atoms with van der Waals surface area (Å²) < 4.78 is 70.1. The van der Waals surface area contributed by atoms with Gasteiger partial charge in [0, 0.05) is 13.2 Å². The number of hydrogen-bond donors (Lipinski definition) is 1. The zero-order chi connectivity index (χ0) is 17.6. The van der Waals surface area contributed by atoms with Gasteiger partial charge in [-0.05, 0) is 37.5 Å². The van der Waals surface area contributed by atoms with E-state index in [9.17, 15) is 21.6 Å². The summed E-state index contributed by atoms with van der Waals surface area (Å²) >= 11 is 0. The first-order valence-corrected chi connectivity index (χ1v) is 9.56. The van der Waals surface area contributed by atoms with Crippen molar-refractivity contribution in [2.45, 2.75) is 55.7 Å². The van der Waals surface area contributed by atoms with Gasteiger partial charge in [0.05, 0.1) is 16.6 Å². The molecule has 0 heterocycles. The third-order valence-corrected chi connectivity index (χ3v) is 5.45. The first-order valence-electron chi connectivity index (χ1n) is 8.07. The third-order valence-electron chi connectivity index (χ3n) is 3.99. The van der Waals surface area contributed by atoms with Crippen molar-refractivity contribution in [2.24, 2.45) is 0 Å². The van der Waals surface area contributed by atoms with Crippen LogP contribution in [-0.4, -0.2) is 27.7 Å². The molecule has 1 aliphatic rings. The Morgan fingerprint density at radius 1 is 1.17 bits per heavy atom. The molecular weight excluding hydrogens is 343 g/mol. The van der Waals surface area contributed by atoms with Crippen molar-refractivity contribution >= 4 is 10.0 Å². The number of halogens is 3. The second-order valence-corrected chi connectivity index (χ2v) is 7.67. The molecule has 1 aromatic carbocycles. The minimum Gasteiger partial charge on any atom is -0.378 e. The number of alkyl halides is 3. The maximum absolute atomic E-state index is 12.7. The lowest BCUT2D eigenvalue weighted by atomic mass is 9.98. The molecule has 24 heavy (non-hydrogen) atoms. The normalized spacial score (nSPS) is 17.1. The van der Waals surface area contributed by atoms with Crippen molar-refractivity contribution in [3.63, 3.8) is 0 Å². The lowest BCUT2D eigenvalue weighted by Crippen LogP contribution is -2.26. The van der Waals surface area contributed by atoms with Crippen LogP contribution in [-0.2, 0) is 20.9 Å². The molecule has 1 fully saturated rings. The van der Waals surface area contributed by atoms with E-state index in [1.54, 1.807) is 0 Å². The van der Waals surface area contributed by atoms with Crippen LogP contribution in [0.3, 0.4) is 0 Å². The maximum atomic E-state index is 12.7. The standard InChI is InChI=1S/C16H22F3NO3S/c17-16(18,19)13-6-4-9-15(12-13)24(21,22)20-10-5-11-23-14-7-2-1-3-8-14/h4,6,9,12,14,20H,1-3,5,7-8,10-11H2. The lowest BCUT2D eigenvalue weighted by Gasteiger charge is -2.21. The number of ether oxygens (including phenoxy) is 1. The molecule has 0 aliphatic heterocycles. The largest absolute Gasteiger partial charge is 0.416 e. The molecule has 0 radical (unpaired) electrons. The number of rotatable bonds is 7. The highest BCUT2D eigenvalue weighted by atomic mass is 32.2. The van der Waals surface area contributed by atoms with E-state index in [1.165, 1.54) is 6.42 Å². The van der Waals surface area contributed by atoms with E-state index in [1.807, 2.05) is 0 Å². The van der Waals surface area contributed by atoms with E-state index in [0.717, 1.165) is 43.9 Å². The van der Waals surface area contributed by atoms with Crippen LogP contribution in [0.2, 0.25) is 0 Å². The van der Waals surface area contributed by atoms with Gasteiger partial charge < -0.3 is 4.74 Å². The zero-order valence-corrected chi connectivity index (χ0v) is 14.1. The molecule has 0 amide bonds. The molecule has 0 aromatic heterocycles. The summed E-state index contributed by atoms with van der Waals surface area (Å²) in [6.45, 7) is 0.571. The van der Waals surface area contributed by atoms with Crippen molar-refractivity contribution in [3.05, 3.63) is 29.8 Å². The summed E-state index contributed by atoms with van der Waals surface area (Å²) in [7, 11) is -3.95. The van der Waals surface area contributed by atoms with Gasteiger partial charge in [-0.1, -0.05) is 25.3 Å². The molecule has 1 N–H and O–H groups in total. The molecule has 0 saturated heterocycles. The van der Waals surface area contributed by atoms with E-state index in [-0.39, 0.29) is 17.5 Å². The fourth-order valence-corrected chi connectivity index (χ4v) is 3.80. The van der Waals surface area contributed by atoms with Gasteiger partial charge in [-0.25, -0.2) is 13.1 Å². The van der Waals surface area contributed by atoms with Crippen LogP contribution < -0.4 is 4.72 Å². The fourth-order valence-electron chi connectivity index (χ4n) is 2.68. The van der Waals surface area contributed by atoms with Gasteiger partial charge in [0.15, 0.2) is 0 Å². The van der Waals surface area contributed by atoms with Crippen molar-refractivity contribution in [3.8, 4) is 0 Å². The van der Waals surface area contributed by atoms with Crippen LogP contribution in [0, 0.1) is 0 Å². The number of benzene rings is 1. The molecule has 2 rings (SSSR count). The molecule has 0 atom stereocenters. The van der Waals surface area contributed by atoms with Crippen LogP contribution >= 0.6 is 0 Å². The Morgan fingerprint density at radius 3 is 2.54 bits per heavy atom. The molecular formula is C16H22F3NO3S. The number of sulfonamides is 1. The van der Waals surface area contributed by atoms with E-state index in [4.69, 9.17) is 4.74 Å². The molecule has 0 unspecified atom stereocenters. The monoisotopic (exact) mass is 365 g/mol. The van der Waals surface area contributed by atoms with Crippen molar-refractivity contribution in [2.75, 3.05) is 13.2 Å². The molecule has 0 bridgehead atoms. The van der Waals surface area contributed by atoms with Crippen LogP contribution in [0.5, 0.6) is 0 Å². The van der Waals surface area contributed by atoms with E-state index in [0.29, 0.717) is 19.1 Å². The third kappa shape index (κ3) is 5.75. The molecule has 1 aromatic rings. The number of hydrogen-bond acceptors (Lipinski definition) is 3. The topological polar surface area (TPSA) is 55.4 Å². The summed E-state index contributed by atoms with van der Waals surface area (Å²) in [6, 6.07) is 3.72. The van der Waals surface area contributed by atoms with Crippen LogP contribution in [0.4, 0.5) is 13.2 Å². The highest BCUT2D eigenvalue weighted by Gasteiger charge is 2.31. The number of nitrogens with one attached hydrogen (secondary N) is 1. The fraction of sp³-hybridized carbons (Fsp3) is 0.625. The SMILES string of the molecule is O=S(=O)(NCCCOC1CCCCC1)c1cccc(C(F)(F)F)c1. The molecule has 136 valence electrons. The Bertz CT molecular complexity index is 626. The second-order valence-electron chi connectivity index (χ2n) is 5.91. The molecule has 1 saturated carbocycles. The average molecular weight is 365 g/mol.